The van der Waals surface area contributed by atoms with Gasteiger partial charge in [-0.1, -0.05) is 5.57 Å². The van der Waals surface area contributed by atoms with Gasteiger partial charge >= 0.3 is 6.03 Å². The van der Waals surface area contributed by atoms with Gasteiger partial charge in [0.2, 0.25) is 5.95 Å². The van der Waals surface area contributed by atoms with Crippen LogP contribution in [-0.2, 0) is 0 Å². The van der Waals surface area contributed by atoms with Crippen molar-refractivity contribution in [1.82, 2.24) is 20.2 Å². The first-order chi connectivity index (χ1) is 9.16. The van der Waals surface area contributed by atoms with E-state index < -0.39 is 0 Å². The summed E-state index contributed by atoms with van der Waals surface area (Å²) < 4.78 is 0. The predicted molar refractivity (Wildman–Crippen MR) is 73.8 cm³/mol. The lowest BCUT2D eigenvalue weighted by molar-refractivity contribution is 0.198. The van der Waals surface area contributed by atoms with Gasteiger partial charge in [0.25, 0.3) is 0 Å². The first-order valence-electron chi connectivity index (χ1n) is 6.37. The van der Waals surface area contributed by atoms with Crippen LogP contribution in [0.4, 0.5) is 10.7 Å². The average molecular weight is 261 g/mol. The van der Waals surface area contributed by atoms with Crippen LogP contribution in [0.15, 0.2) is 30.2 Å². The third-order valence-corrected chi connectivity index (χ3v) is 2.89. The van der Waals surface area contributed by atoms with Crippen molar-refractivity contribution in [2.75, 3.05) is 31.1 Å². The second-order valence-corrected chi connectivity index (χ2v) is 4.69. The molecule has 0 unspecified atom stereocenters. The molecule has 0 radical (unpaired) electrons. The molecule has 0 atom stereocenters. The van der Waals surface area contributed by atoms with Crippen LogP contribution in [0, 0.1) is 0 Å². The van der Waals surface area contributed by atoms with Crippen LogP contribution in [-0.4, -0.2) is 47.1 Å². The Kier molecular flexibility index (Phi) is 4.33. The van der Waals surface area contributed by atoms with Crippen molar-refractivity contribution in [3.8, 4) is 0 Å². The van der Waals surface area contributed by atoms with Crippen molar-refractivity contribution in [2.45, 2.75) is 13.8 Å². The second kappa shape index (κ2) is 6.17. The van der Waals surface area contributed by atoms with Gasteiger partial charge in [0.15, 0.2) is 0 Å². The molecule has 1 aliphatic rings. The lowest BCUT2D eigenvalue weighted by Crippen LogP contribution is -2.51. The molecule has 2 rings (SSSR count). The molecule has 2 amide bonds. The monoisotopic (exact) mass is 261 g/mol. The van der Waals surface area contributed by atoms with Crippen LogP contribution < -0.4 is 10.2 Å². The average Bonchev–Trinajstić information content (AvgIpc) is 2.46. The van der Waals surface area contributed by atoms with E-state index in [-0.39, 0.29) is 6.03 Å². The Bertz CT molecular complexity index is 447. The fraction of sp³-hybridized carbons (Fsp3) is 0.462. The number of hydrogen-bond donors (Lipinski definition) is 1. The van der Waals surface area contributed by atoms with Gasteiger partial charge in [-0.25, -0.2) is 14.8 Å². The van der Waals surface area contributed by atoms with E-state index in [0.717, 1.165) is 24.6 Å². The molecule has 0 aliphatic carbocycles. The van der Waals surface area contributed by atoms with E-state index in [0.29, 0.717) is 13.1 Å². The topological polar surface area (TPSA) is 61.4 Å². The Morgan fingerprint density at radius 3 is 2.42 bits per heavy atom. The molecule has 1 aromatic rings. The molecule has 6 nitrogen and oxygen atoms in total. The number of urea groups is 1. The van der Waals surface area contributed by atoms with E-state index in [4.69, 9.17) is 0 Å². The SMILES string of the molecule is CC(C)=CNC(=O)N1CCN(c2ncccn2)CC1. The first kappa shape index (κ1) is 13.3. The molecule has 1 aliphatic heterocycles. The molecule has 19 heavy (non-hydrogen) atoms. The van der Waals surface area contributed by atoms with Gasteiger partial charge in [-0.05, 0) is 19.9 Å². The highest BCUT2D eigenvalue weighted by molar-refractivity contribution is 5.75. The van der Waals surface area contributed by atoms with Crippen LogP contribution in [0.5, 0.6) is 0 Å². The van der Waals surface area contributed by atoms with E-state index in [2.05, 4.69) is 20.2 Å². The fourth-order valence-electron chi connectivity index (χ4n) is 1.86. The molecule has 0 saturated carbocycles. The molecular weight excluding hydrogens is 242 g/mol. The van der Waals surface area contributed by atoms with Crippen LogP contribution in [0.1, 0.15) is 13.8 Å². The molecule has 1 fully saturated rings. The summed E-state index contributed by atoms with van der Waals surface area (Å²) in [6.07, 6.45) is 5.20. The van der Waals surface area contributed by atoms with E-state index in [1.54, 1.807) is 29.6 Å². The maximum atomic E-state index is 11.9. The number of piperazine rings is 1. The van der Waals surface area contributed by atoms with Crippen molar-refractivity contribution in [3.05, 3.63) is 30.2 Å². The molecule has 102 valence electrons. The van der Waals surface area contributed by atoms with Crippen molar-refractivity contribution < 1.29 is 4.79 Å². The Hall–Kier alpha value is -2.11. The minimum absolute atomic E-state index is 0.0465. The number of nitrogens with zero attached hydrogens (tertiary/aromatic N) is 4. The zero-order chi connectivity index (χ0) is 13.7. The standard InChI is InChI=1S/C13H19N5O/c1-11(2)10-16-13(19)18-8-6-17(7-9-18)12-14-4-3-5-15-12/h3-5,10H,6-9H2,1-2H3,(H,16,19). The third-order valence-electron chi connectivity index (χ3n) is 2.89. The smallest absolute Gasteiger partial charge is 0.321 e. The molecule has 0 spiro atoms. The van der Waals surface area contributed by atoms with E-state index in [9.17, 15) is 4.79 Å². The minimum Gasteiger partial charge on any atom is -0.337 e. The highest BCUT2D eigenvalue weighted by Gasteiger charge is 2.21. The van der Waals surface area contributed by atoms with Gasteiger partial charge < -0.3 is 15.1 Å². The number of rotatable bonds is 2. The quantitative estimate of drug-likeness (QED) is 0.870. The van der Waals surface area contributed by atoms with Crippen molar-refractivity contribution in [2.24, 2.45) is 0 Å². The highest BCUT2D eigenvalue weighted by Crippen LogP contribution is 2.09. The fourth-order valence-corrected chi connectivity index (χ4v) is 1.86. The molecule has 2 heterocycles. The number of nitrogens with one attached hydrogen (secondary N) is 1. The summed E-state index contributed by atoms with van der Waals surface area (Å²) in [5.41, 5.74) is 1.07. The number of allylic oxidation sites excluding steroid dienone is 1. The summed E-state index contributed by atoms with van der Waals surface area (Å²) in [5, 5.41) is 2.78. The number of carbonyl (C=O) groups excluding carboxylic acids is 1. The second-order valence-electron chi connectivity index (χ2n) is 4.69. The van der Waals surface area contributed by atoms with Crippen LogP contribution in [0.25, 0.3) is 0 Å². The van der Waals surface area contributed by atoms with Gasteiger partial charge in [-0.3, -0.25) is 0 Å². The van der Waals surface area contributed by atoms with Gasteiger partial charge in [-0.15, -0.1) is 0 Å². The molecule has 0 aromatic carbocycles. The Balaban J connectivity index is 1.86. The van der Waals surface area contributed by atoms with E-state index in [1.807, 2.05) is 13.8 Å². The molecular formula is C13H19N5O. The Morgan fingerprint density at radius 2 is 1.84 bits per heavy atom. The number of amides is 2. The number of carbonyl (C=O) groups is 1. The first-order valence-corrected chi connectivity index (χ1v) is 6.37. The van der Waals surface area contributed by atoms with E-state index >= 15 is 0 Å². The van der Waals surface area contributed by atoms with Crippen molar-refractivity contribution in [3.63, 3.8) is 0 Å². The van der Waals surface area contributed by atoms with Crippen molar-refractivity contribution >= 4 is 12.0 Å². The summed E-state index contributed by atoms with van der Waals surface area (Å²) in [4.78, 5) is 24.2. The third kappa shape index (κ3) is 3.67. The lowest BCUT2D eigenvalue weighted by atomic mass is 10.3. The summed E-state index contributed by atoms with van der Waals surface area (Å²) in [7, 11) is 0. The van der Waals surface area contributed by atoms with E-state index in [1.165, 1.54) is 0 Å². The summed E-state index contributed by atoms with van der Waals surface area (Å²) in [6, 6.07) is 1.75. The normalized spacial score (nSPS) is 15.1. The van der Waals surface area contributed by atoms with Gasteiger partial charge in [0.05, 0.1) is 0 Å². The molecule has 1 saturated heterocycles. The lowest BCUT2D eigenvalue weighted by Gasteiger charge is -2.34. The largest absolute Gasteiger partial charge is 0.337 e. The molecule has 1 N–H and O–H groups in total. The van der Waals surface area contributed by atoms with Gasteiger partial charge in [-0.2, -0.15) is 0 Å². The summed E-state index contributed by atoms with van der Waals surface area (Å²) in [5.74, 6) is 0.729. The van der Waals surface area contributed by atoms with Crippen LogP contribution in [0.2, 0.25) is 0 Å². The highest BCUT2D eigenvalue weighted by atomic mass is 16.2. The number of hydrogen-bond acceptors (Lipinski definition) is 4. The molecule has 1 aromatic heterocycles. The zero-order valence-corrected chi connectivity index (χ0v) is 11.3. The zero-order valence-electron chi connectivity index (χ0n) is 11.3. The Morgan fingerprint density at radius 1 is 1.21 bits per heavy atom. The predicted octanol–water partition coefficient (Wildman–Crippen LogP) is 1.23. The maximum absolute atomic E-state index is 11.9. The minimum atomic E-state index is -0.0465. The van der Waals surface area contributed by atoms with Crippen molar-refractivity contribution in [1.29, 1.82) is 0 Å². The maximum Gasteiger partial charge on any atom is 0.321 e. The molecule has 6 heteroatoms. The summed E-state index contributed by atoms with van der Waals surface area (Å²) >= 11 is 0. The Labute approximate surface area is 113 Å². The van der Waals surface area contributed by atoms with Crippen LogP contribution in [0.3, 0.4) is 0 Å². The van der Waals surface area contributed by atoms with Crippen LogP contribution >= 0.6 is 0 Å². The summed E-state index contributed by atoms with van der Waals surface area (Å²) in [6.45, 7) is 6.77. The van der Waals surface area contributed by atoms with Gasteiger partial charge in [0.1, 0.15) is 0 Å². The molecule has 0 bridgehead atoms. The van der Waals surface area contributed by atoms with Gasteiger partial charge in [0, 0.05) is 44.8 Å². The number of anilines is 1. The number of aromatic nitrogens is 2.